The van der Waals surface area contributed by atoms with Crippen molar-refractivity contribution in [3.63, 3.8) is 0 Å². The van der Waals surface area contributed by atoms with Gasteiger partial charge in [-0.2, -0.15) is 0 Å². The molecule has 1 aromatic rings. The van der Waals surface area contributed by atoms with Gasteiger partial charge >= 0.3 is 0 Å². The summed E-state index contributed by atoms with van der Waals surface area (Å²) in [6.07, 6.45) is 5.40. The molecule has 6 heteroatoms. The lowest BCUT2D eigenvalue weighted by Crippen LogP contribution is -2.37. The summed E-state index contributed by atoms with van der Waals surface area (Å²) in [5.74, 6) is 2.02. The number of rotatable bonds is 8. The van der Waals surface area contributed by atoms with Crippen molar-refractivity contribution in [2.24, 2.45) is 5.92 Å². The molecule has 0 radical (unpaired) electrons. The average molecular weight is 376 g/mol. The zero-order valence-electron chi connectivity index (χ0n) is 16.5. The van der Waals surface area contributed by atoms with Crippen LogP contribution in [0.1, 0.15) is 39.5 Å². The molecule has 2 atom stereocenters. The van der Waals surface area contributed by atoms with Crippen LogP contribution >= 0.6 is 0 Å². The molecule has 1 aliphatic heterocycles. The molecular formula is C21H32N2O4. The second-order valence-electron chi connectivity index (χ2n) is 7.45. The first-order chi connectivity index (χ1) is 13.2. The van der Waals surface area contributed by atoms with Crippen LogP contribution in [0.4, 0.5) is 5.69 Å². The second kappa shape index (κ2) is 9.95. The van der Waals surface area contributed by atoms with Gasteiger partial charge in [-0.05, 0) is 37.4 Å². The summed E-state index contributed by atoms with van der Waals surface area (Å²) < 4.78 is 17.2. The third-order valence-electron chi connectivity index (χ3n) is 5.41. The zero-order chi connectivity index (χ0) is 19.1. The SMILES string of the molecule is CCN(CCOC1CCCCC1C)CC(=O)Nc1ccc2c(c1)OCCO2. The number of nitrogens with one attached hydrogen (secondary N) is 1. The largest absolute Gasteiger partial charge is 0.486 e. The van der Waals surface area contributed by atoms with Gasteiger partial charge in [-0.15, -0.1) is 0 Å². The quantitative estimate of drug-likeness (QED) is 0.754. The molecule has 2 aliphatic rings. The fourth-order valence-electron chi connectivity index (χ4n) is 3.74. The third-order valence-corrected chi connectivity index (χ3v) is 5.41. The Hall–Kier alpha value is -1.79. The smallest absolute Gasteiger partial charge is 0.238 e. The molecule has 27 heavy (non-hydrogen) atoms. The molecule has 0 spiro atoms. The van der Waals surface area contributed by atoms with E-state index in [0.29, 0.717) is 44.1 Å². The number of fused-ring (bicyclic) bond motifs is 1. The third kappa shape index (κ3) is 5.84. The Morgan fingerprint density at radius 2 is 2.00 bits per heavy atom. The van der Waals surface area contributed by atoms with Gasteiger partial charge in [0, 0.05) is 18.3 Å². The van der Waals surface area contributed by atoms with Gasteiger partial charge in [0.1, 0.15) is 13.2 Å². The lowest BCUT2D eigenvalue weighted by molar-refractivity contribution is -0.117. The molecule has 150 valence electrons. The molecule has 2 unspecified atom stereocenters. The summed E-state index contributed by atoms with van der Waals surface area (Å²) >= 11 is 0. The van der Waals surface area contributed by atoms with E-state index >= 15 is 0 Å². The predicted molar refractivity (Wildman–Crippen MR) is 106 cm³/mol. The molecule has 6 nitrogen and oxygen atoms in total. The van der Waals surface area contributed by atoms with Gasteiger partial charge in [-0.25, -0.2) is 0 Å². The number of carbonyl (C=O) groups is 1. The van der Waals surface area contributed by atoms with Gasteiger partial charge in [0.25, 0.3) is 0 Å². The molecule has 1 N–H and O–H groups in total. The number of anilines is 1. The summed E-state index contributed by atoms with van der Waals surface area (Å²) in [7, 11) is 0. The fraction of sp³-hybridized carbons (Fsp3) is 0.667. The molecule has 1 fully saturated rings. The van der Waals surface area contributed by atoms with Crippen LogP contribution < -0.4 is 14.8 Å². The molecule has 1 aromatic carbocycles. The van der Waals surface area contributed by atoms with E-state index in [1.54, 1.807) is 0 Å². The number of hydrogen-bond acceptors (Lipinski definition) is 5. The number of likely N-dealkylation sites (N-methyl/N-ethyl adjacent to an activating group) is 1. The highest BCUT2D eigenvalue weighted by Gasteiger charge is 2.22. The van der Waals surface area contributed by atoms with Crippen LogP contribution in [0.15, 0.2) is 18.2 Å². The van der Waals surface area contributed by atoms with Crippen molar-refractivity contribution in [2.75, 3.05) is 44.8 Å². The number of amides is 1. The van der Waals surface area contributed by atoms with Crippen LogP contribution in [0.2, 0.25) is 0 Å². The van der Waals surface area contributed by atoms with E-state index in [0.717, 1.165) is 30.9 Å². The van der Waals surface area contributed by atoms with Crippen molar-refractivity contribution >= 4 is 11.6 Å². The minimum Gasteiger partial charge on any atom is -0.486 e. The highest BCUT2D eigenvalue weighted by molar-refractivity contribution is 5.92. The summed E-state index contributed by atoms with van der Waals surface area (Å²) in [4.78, 5) is 14.5. The number of nitrogens with zero attached hydrogens (tertiary/aromatic N) is 1. The maximum atomic E-state index is 12.4. The molecule has 0 saturated heterocycles. The summed E-state index contributed by atoms with van der Waals surface area (Å²) in [6.45, 7) is 8.07. The highest BCUT2D eigenvalue weighted by Crippen LogP contribution is 2.32. The molecule has 1 amide bonds. The maximum absolute atomic E-state index is 12.4. The van der Waals surface area contributed by atoms with Crippen molar-refractivity contribution in [1.82, 2.24) is 4.90 Å². The number of carbonyl (C=O) groups excluding carboxylic acids is 1. The molecule has 0 bridgehead atoms. The Bertz CT molecular complexity index is 622. The number of ether oxygens (including phenoxy) is 3. The van der Waals surface area contributed by atoms with Gasteiger partial charge < -0.3 is 19.5 Å². The number of hydrogen-bond donors (Lipinski definition) is 1. The fourth-order valence-corrected chi connectivity index (χ4v) is 3.74. The lowest BCUT2D eigenvalue weighted by Gasteiger charge is -2.29. The maximum Gasteiger partial charge on any atom is 0.238 e. The molecule has 1 aliphatic carbocycles. The van der Waals surface area contributed by atoms with E-state index in [2.05, 4.69) is 24.1 Å². The first-order valence-corrected chi connectivity index (χ1v) is 10.2. The topological polar surface area (TPSA) is 60.0 Å². The Labute approximate surface area is 162 Å². The normalized spacial score (nSPS) is 21.9. The molecule has 3 rings (SSSR count). The van der Waals surface area contributed by atoms with E-state index in [1.165, 1.54) is 19.3 Å². The van der Waals surface area contributed by atoms with Gasteiger partial charge in [0.2, 0.25) is 5.91 Å². The summed E-state index contributed by atoms with van der Waals surface area (Å²) in [6, 6.07) is 5.49. The Kier molecular flexibility index (Phi) is 7.35. The molecule has 1 heterocycles. The minimum absolute atomic E-state index is 0.0282. The highest BCUT2D eigenvalue weighted by atomic mass is 16.6. The van der Waals surface area contributed by atoms with Gasteiger partial charge in [0.05, 0.1) is 19.3 Å². The van der Waals surface area contributed by atoms with Crippen LogP contribution in [0, 0.1) is 5.92 Å². The van der Waals surface area contributed by atoms with Crippen molar-refractivity contribution < 1.29 is 19.0 Å². The first-order valence-electron chi connectivity index (χ1n) is 10.2. The average Bonchev–Trinajstić information content (AvgIpc) is 2.68. The van der Waals surface area contributed by atoms with Crippen LogP contribution in [-0.2, 0) is 9.53 Å². The zero-order valence-corrected chi connectivity index (χ0v) is 16.5. The van der Waals surface area contributed by atoms with E-state index < -0.39 is 0 Å². The Balaban J connectivity index is 1.42. The predicted octanol–water partition coefficient (Wildman–Crippen LogP) is 3.31. The Morgan fingerprint density at radius 1 is 1.22 bits per heavy atom. The minimum atomic E-state index is -0.0282. The monoisotopic (exact) mass is 376 g/mol. The van der Waals surface area contributed by atoms with Crippen LogP contribution in [-0.4, -0.2) is 56.4 Å². The lowest BCUT2D eigenvalue weighted by atomic mass is 9.88. The van der Waals surface area contributed by atoms with Crippen molar-refractivity contribution in [3.8, 4) is 11.5 Å². The van der Waals surface area contributed by atoms with E-state index in [-0.39, 0.29) is 5.91 Å². The standard InChI is InChI=1S/C21H32N2O4/c1-3-23(10-11-25-18-7-5-4-6-16(18)2)15-21(24)22-17-8-9-19-20(14-17)27-13-12-26-19/h8-9,14,16,18H,3-7,10-13,15H2,1-2H3,(H,22,24). The van der Waals surface area contributed by atoms with Gasteiger partial charge in [-0.3, -0.25) is 9.69 Å². The summed E-state index contributed by atoms with van der Waals surface area (Å²) in [5, 5.41) is 2.95. The molecule has 1 saturated carbocycles. The van der Waals surface area contributed by atoms with Crippen molar-refractivity contribution in [3.05, 3.63) is 18.2 Å². The van der Waals surface area contributed by atoms with E-state index in [9.17, 15) is 4.79 Å². The van der Waals surface area contributed by atoms with Gasteiger partial charge in [-0.1, -0.05) is 26.7 Å². The number of benzene rings is 1. The van der Waals surface area contributed by atoms with Crippen LogP contribution in [0.25, 0.3) is 0 Å². The van der Waals surface area contributed by atoms with Crippen LogP contribution in [0.5, 0.6) is 11.5 Å². The Morgan fingerprint density at radius 3 is 2.78 bits per heavy atom. The van der Waals surface area contributed by atoms with Crippen molar-refractivity contribution in [2.45, 2.75) is 45.6 Å². The molecule has 0 aromatic heterocycles. The second-order valence-corrected chi connectivity index (χ2v) is 7.45. The van der Waals surface area contributed by atoms with E-state index in [1.807, 2.05) is 18.2 Å². The van der Waals surface area contributed by atoms with Crippen molar-refractivity contribution in [1.29, 1.82) is 0 Å². The summed E-state index contributed by atoms with van der Waals surface area (Å²) in [5.41, 5.74) is 0.729. The van der Waals surface area contributed by atoms with Gasteiger partial charge in [0.15, 0.2) is 11.5 Å². The van der Waals surface area contributed by atoms with E-state index in [4.69, 9.17) is 14.2 Å². The first kappa shape index (κ1) is 20.0. The molecular weight excluding hydrogens is 344 g/mol. The van der Waals surface area contributed by atoms with Crippen LogP contribution in [0.3, 0.4) is 0 Å².